The van der Waals surface area contributed by atoms with Crippen molar-refractivity contribution in [2.45, 2.75) is 13.8 Å². The quantitative estimate of drug-likeness (QED) is 0.386. The maximum Gasteiger partial charge on any atom is 0.379 e. The van der Waals surface area contributed by atoms with Gasteiger partial charge in [0.15, 0.2) is 0 Å². The molecule has 0 rings (SSSR count). The molecule has 10 heteroatoms. The number of halogens is 1. The Hall–Kier alpha value is 0.630. The summed E-state index contributed by atoms with van der Waals surface area (Å²) in [4.78, 5) is 0. The fourth-order valence-corrected chi connectivity index (χ4v) is 4.81. The molecule has 0 aliphatic heterocycles. The largest absolute Gasteiger partial charge is 0.379 e. The van der Waals surface area contributed by atoms with Crippen LogP contribution in [0.2, 0.25) is 0 Å². The highest BCUT2D eigenvalue weighted by Gasteiger charge is 2.30. The summed E-state index contributed by atoms with van der Waals surface area (Å²) in [5.41, 5.74) is 0.536. The molecular formula is C7H18ClO7PS. The molecule has 0 bridgehead atoms. The Bertz CT molecular complexity index is 217. The smallest absolute Gasteiger partial charge is 0.306 e. The van der Waals surface area contributed by atoms with Gasteiger partial charge in [-0.05, 0) is 24.7 Å². The van der Waals surface area contributed by atoms with Crippen LogP contribution < -0.4 is 18.6 Å². The van der Waals surface area contributed by atoms with E-state index in [9.17, 15) is 4.57 Å². The van der Waals surface area contributed by atoms with Crippen molar-refractivity contribution in [3.8, 4) is 0 Å². The van der Waals surface area contributed by atoms with Crippen LogP contribution in [0.3, 0.4) is 0 Å². The first-order valence-electron chi connectivity index (χ1n) is 4.58. The van der Waals surface area contributed by atoms with Gasteiger partial charge in [-0.1, -0.05) is 0 Å². The van der Waals surface area contributed by atoms with E-state index in [2.05, 4.69) is 0 Å². The van der Waals surface area contributed by atoms with Crippen LogP contribution in [0.25, 0.3) is 0 Å². The van der Waals surface area contributed by atoms with Crippen molar-refractivity contribution in [1.29, 1.82) is 0 Å². The van der Waals surface area contributed by atoms with Gasteiger partial charge in [0, 0.05) is 0 Å². The molecule has 0 N–H and O–H groups in total. The summed E-state index contributed by atoms with van der Waals surface area (Å²) in [5.74, 6) is 0. The van der Waals surface area contributed by atoms with Crippen molar-refractivity contribution in [1.82, 2.24) is 0 Å². The molecule has 7 nitrogen and oxygen atoms in total. The zero-order valence-electron chi connectivity index (χ0n) is 10.2. The Morgan fingerprint density at radius 3 is 1.53 bits per heavy atom. The van der Waals surface area contributed by atoms with Gasteiger partial charge in [-0.25, -0.2) is 18.6 Å². The van der Waals surface area contributed by atoms with E-state index in [0.717, 1.165) is 0 Å². The minimum atomic E-state index is -4.94. The molecule has 0 amide bonds. The molecule has 0 saturated carbocycles. The van der Waals surface area contributed by atoms with E-state index in [1.165, 1.54) is 0 Å². The van der Waals surface area contributed by atoms with E-state index in [1.54, 1.807) is 0 Å². The lowest BCUT2D eigenvalue weighted by Crippen LogP contribution is -2.68. The van der Waals surface area contributed by atoms with Crippen LogP contribution in [-0.4, -0.2) is 31.2 Å². The first-order valence-corrected chi connectivity index (χ1v) is 9.75. The van der Waals surface area contributed by atoms with Crippen molar-refractivity contribution in [2.24, 2.45) is 0 Å². The average molecular weight is 313 g/mol. The summed E-state index contributed by atoms with van der Waals surface area (Å²) in [6.07, 6.45) is 4.06. The standard InChI is InChI=1S/C7H18O3PS.ClHO4/c1-5-9-11(8,10-6-2)7-12(3)4;2-1(3,4)5/h5-7H2,1-4H3;(H,2,3,4,5)/q+1;/p-1. The third-order valence-electron chi connectivity index (χ3n) is 1.07. The second-order valence-corrected chi connectivity index (χ2v) is 8.44. The fraction of sp³-hybridized carbons (Fsp3) is 1.00. The van der Waals surface area contributed by atoms with Crippen molar-refractivity contribution in [3.63, 3.8) is 0 Å². The zero-order chi connectivity index (χ0) is 14.1. The predicted octanol–water partition coefficient (Wildman–Crippen LogP) is -2.67. The molecule has 0 unspecified atom stereocenters. The lowest BCUT2D eigenvalue weighted by atomic mass is 10.9. The van der Waals surface area contributed by atoms with Crippen LogP contribution in [0, 0.1) is 10.2 Å². The molecule has 0 aliphatic rings. The molecule has 0 aromatic heterocycles. The van der Waals surface area contributed by atoms with Crippen LogP contribution in [0.4, 0.5) is 0 Å². The van der Waals surface area contributed by atoms with Gasteiger partial charge in [0.25, 0.3) is 0 Å². The fourth-order valence-electron chi connectivity index (χ4n) is 0.821. The Morgan fingerprint density at radius 2 is 1.35 bits per heavy atom. The molecule has 0 spiro atoms. The van der Waals surface area contributed by atoms with Gasteiger partial charge in [-0.15, -0.1) is 10.2 Å². The Balaban J connectivity index is 0. The Kier molecular flexibility index (Phi) is 11.2. The first kappa shape index (κ1) is 20.0. The maximum absolute atomic E-state index is 11.8. The van der Waals surface area contributed by atoms with Crippen molar-refractivity contribution in [3.05, 3.63) is 0 Å². The molecule has 0 heterocycles. The van der Waals surface area contributed by atoms with Crippen LogP contribution in [0.5, 0.6) is 0 Å². The maximum atomic E-state index is 11.8. The second kappa shape index (κ2) is 9.55. The lowest BCUT2D eigenvalue weighted by molar-refractivity contribution is -2.00. The number of hydrogen-bond donors (Lipinski definition) is 0. The van der Waals surface area contributed by atoms with Crippen LogP contribution in [0.15, 0.2) is 0 Å². The lowest BCUT2D eigenvalue weighted by Gasteiger charge is -2.17. The van der Waals surface area contributed by atoms with Crippen LogP contribution in [-0.2, 0) is 24.5 Å². The number of rotatable bonds is 6. The summed E-state index contributed by atoms with van der Waals surface area (Å²) in [6, 6.07) is 0. The van der Waals surface area contributed by atoms with Gasteiger partial charge in [0.1, 0.15) is 0 Å². The molecule has 0 saturated heterocycles. The van der Waals surface area contributed by atoms with Crippen molar-refractivity contribution in [2.75, 3.05) is 31.2 Å². The number of hydrogen-bond acceptors (Lipinski definition) is 7. The summed E-state index contributed by atoms with van der Waals surface area (Å²) in [5, 5.41) is 0. The second-order valence-electron chi connectivity index (χ2n) is 2.94. The molecular weight excluding hydrogens is 295 g/mol. The van der Waals surface area contributed by atoms with Gasteiger partial charge in [-0.3, -0.25) is 4.57 Å². The predicted molar refractivity (Wildman–Crippen MR) is 54.9 cm³/mol. The highest BCUT2D eigenvalue weighted by Crippen LogP contribution is 2.48. The highest BCUT2D eigenvalue weighted by atomic mass is 35.7. The van der Waals surface area contributed by atoms with Gasteiger partial charge in [0.05, 0.1) is 25.7 Å². The molecule has 106 valence electrons. The third kappa shape index (κ3) is 19.2. The SMILES string of the molecule is CCOP(=O)(C[S+](C)C)OCC.[O-][Cl+3]([O-])([O-])[O-]. The Morgan fingerprint density at radius 1 is 1.06 bits per heavy atom. The Labute approximate surface area is 106 Å². The molecule has 0 aromatic rings. The van der Waals surface area contributed by atoms with Crippen LogP contribution in [0.1, 0.15) is 13.8 Å². The van der Waals surface area contributed by atoms with E-state index in [-0.39, 0.29) is 10.9 Å². The zero-order valence-corrected chi connectivity index (χ0v) is 12.7. The molecule has 0 aromatic carbocycles. The molecule has 0 fully saturated rings. The highest BCUT2D eigenvalue weighted by molar-refractivity contribution is 8.01. The van der Waals surface area contributed by atoms with Gasteiger partial charge >= 0.3 is 7.60 Å². The summed E-state index contributed by atoms with van der Waals surface area (Å²) in [7, 11) is -7.61. The summed E-state index contributed by atoms with van der Waals surface area (Å²) < 4.78 is 56.0. The molecule has 0 atom stereocenters. The van der Waals surface area contributed by atoms with Crippen molar-refractivity contribution >= 4 is 18.5 Å². The minimum absolute atomic E-state index is 0.0989. The van der Waals surface area contributed by atoms with E-state index < -0.39 is 17.8 Å². The summed E-state index contributed by atoms with van der Waals surface area (Å²) in [6.45, 7) is 4.56. The molecule has 0 radical (unpaired) electrons. The van der Waals surface area contributed by atoms with E-state index >= 15 is 0 Å². The minimum Gasteiger partial charge on any atom is -0.306 e. The van der Waals surface area contributed by atoms with E-state index in [1.807, 2.05) is 26.4 Å². The first-order chi connectivity index (χ1) is 7.54. The summed E-state index contributed by atoms with van der Waals surface area (Å²) >= 11 is 0. The van der Waals surface area contributed by atoms with Crippen molar-refractivity contribution < 1.29 is 42.5 Å². The average Bonchev–Trinajstić information content (AvgIpc) is 1.98. The third-order valence-corrected chi connectivity index (χ3v) is 5.70. The van der Waals surface area contributed by atoms with Crippen LogP contribution >= 0.6 is 7.60 Å². The topological polar surface area (TPSA) is 128 Å². The van der Waals surface area contributed by atoms with E-state index in [0.29, 0.717) is 18.7 Å². The van der Waals surface area contributed by atoms with Gasteiger partial charge in [-0.2, -0.15) is 0 Å². The monoisotopic (exact) mass is 312 g/mol. The van der Waals surface area contributed by atoms with E-state index in [4.69, 9.17) is 27.7 Å². The molecule has 0 aliphatic carbocycles. The van der Waals surface area contributed by atoms with Gasteiger partial charge in [0.2, 0.25) is 5.49 Å². The van der Waals surface area contributed by atoms with Gasteiger partial charge < -0.3 is 9.05 Å². The normalized spacial score (nSPS) is 12.3. The molecule has 17 heavy (non-hydrogen) atoms.